The molecule has 0 saturated heterocycles. The lowest BCUT2D eigenvalue weighted by molar-refractivity contribution is 0.416. The second-order valence-corrected chi connectivity index (χ2v) is 6.74. The zero-order valence-corrected chi connectivity index (χ0v) is 16.8. The normalized spacial score (nSPS) is 11.3. The van der Waals surface area contributed by atoms with Crippen molar-refractivity contribution in [3.63, 3.8) is 0 Å². The molecule has 0 radical (unpaired) electrons. The molecule has 0 unspecified atom stereocenters. The summed E-state index contributed by atoms with van der Waals surface area (Å²) in [5, 5.41) is 3.32. The Bertz CT molecular complexity index is 934. The minimum absolute atomic E-state index is 0. The highest BCUT2D eigenvalue weighted by molar-refractivity contribution is 7.07. The van der Waals surface area contributed by atoms with Crippen LogP contribution in [0.25, 0.3) is 11.3 Å². The van der Waals surface area contributed by atoms with Gasteiger partial charge in [-0.2, -0.15) is 0 Å². The van der Waals surface area contributed by atoms with Crippen molar-refractivity contribution in [3.8, 4) is 17.0 Å². The Hall–Kier alpha value is -1.46. The van der Waals surface area contributed by atoms with Crippen LogP contribution in [-0.2, 0) is 6.54 Å². The van der Waals surface area contributed by atoms with Gasteiger partial charge in [0.1, 0.15) is 11.4 Å². The minimum Gasteiger partial charge on any atom is -0.494 e. The quantitative estimate of drug-likeness (QED) is 0.498. The van der Waals surface area contributed by atoms with Crippen LogP contribution in [0.3, 0.4) is 0 Å². The van der Waals surface area contributed by atoms with Gasteiger partial charge < -0.3 is 9.30 Å². The number of ether oxygens (including phenoxy) is 1. The molecule has 3 rings (SSSR count). The maximum Gasteiger partial charge on any atom is 0.190 e. The standard InChI is InChI=1S/C18H16Cl2N2OS.ClH/c1-3-22-16(13-9-8-12(19)10-14(13)20)11-24-18(22)21-15-6-4-5-7-17(15)23-2;/h4-11H,3H2,1-2H3;1H. The molecule has 2 aromatic carbocycles. The summed E-state index contributed by atoms with van der Waals surface area (Å²) in [6.07, 6.45) is 0. The van der Waals surface area contributed by atoms with E-state index >= 15 is 0 Å². The van der Waals surface area contributed by atoms with Crippen molar-refractivity contribution in [1.29, 1.82) is 0 Å². The lowest BCUT2D eigenvalue weighted by Crippen LogP contribution is -2.14. The minimum atomic E-state index is 0. The smallest absolute Gasteiger partial charge is 0.190 e. The van der Waals surface area contributed by atoms with E-state index in [9.17, 15) is 0 Å². The van der Waals surface area contributed by atoms with Gasteiger partial charge in [-0.05, 0) is 37.3 Å². The van der Waals surface area contributed by atoms with E-state index in [1.54, 1.807) is 24.5 Å². The van der Waals surface area contributed by atoms with Gasteiger partial charge in [0.15, 0.2) is 4.80 Å². The lowest BCUT2D eigenvalue weighted by atomic mass is 10.2. The predicted octanol–water partition coefficient (Wildman–Crippen LogP) is 6.21. The molecule has 0 atom stereocenters. The molecule has 0 spiro atoms. The Morgan fingerprint density at radius 2 is 1.92 bits per heavy atom. The van der Waals surface area contributed by atoms with E-state index in [-0.39, 0.29) is 12.4 Å². The monoisotopic (exact) mass is 414 g/mol. The summed E-state index contributed by atoms with van der Waals surface area (Å²) in [5.41, 5.74) is 2.77. The number of hydrogen-bond acceptors (Lipinski definition) is 3. The molecule has 0 aliphatic heterocycles. The molecular weight excluding hydrogens is 399 g/mol. The van der Waals surface area contributed by atoms with E-state index < -0.39 is 0 Å². The van der Waals surface area contributed by atoms with Crippen molar-refractivity contribution in [1.82, 2.24) is 4.57 Å². The number of para-hydroxylation sites is 2. The first kappa shape index (κ1) is 19.9. The largest absolute Gasteiger partial charge is 0.494 e. The Balaban J connectivity index is 0.00000225. The van der Waals surface area contributed by atoms with Gasteiger partial charge in [0.25, 0.3) is 0 Å². The van der Waals surface area contributed by atoms with Crippen molar-refractivity contribution < 1.29 is 4.74 Å². The molecule has 0 bridgehead atoms. The van der Waals surface area contributed by atoms with Crippen molar-refractivity contribution in [2.24, 2.45) is 4.99 Å². The molecule has 3 nitrogen and oxygen atoms in total. The van der Waals surface area contributed by atoms with Crippen LogP contribution in [0.1, 0.15) is 6.92 Å². The maximum absolute atomic E-state index is 6.37. The zero-order valence-electron chi connectivity index (χ0n) is 13.7. The Kier molecular flexibility index (Phi) is 6.96. The first-order valence-electron chi connectivity index (χ1n) is 7.45. The fourth-order valence-electron chi connectivity index (χ4n) is 2.46. The van der Waals surface area contributed by atoms with Crippen LogP contribution in [0.2, 0.25) is 10.0 Å². The Labute approximate surface area is 166 Å². The molecule has 3 aromatic rings. The highest BCUT2D eigenvalue weighted by Crippen LogP contribution is 2.31. The van der Waals surface area contributed by atoms with Crippen LogP contribution in [-0.4, -0.2) is 11.7 Å². The van der Waals surface area contributed by atoms with Gasteiger partial charge in [-0.1, -0.05) is 35.3 Å². The fraction of sp³-hybridized carbons (Fsp3) is 0.167. The highest BCUT2D eigenvalue weighted by Gasteiger charge is 2.11. The fourth-order valence-corrected chi connectivity index (χ4v) is 3.94. The van der Waals surface area contributed by atoms with E-state index in [2.05, 4.69) is 16.9 Å². The molecule has 25 heavy (non-hydrogen) atoms. The molecule has 0 aliphatic carbocycles. The van der Waals surface area contributed by atoms with Gasteiger partial charge >= 0.3 is 0 Å². The summed E-state index contributed by atoms with van der Waals surface area (Å²) in [5.74, 6) is 0.750. The third-order valence-electron chi connectivity index (χ3n) is 3.62. The molecule has 1 aromatic heterocycles. The third-order valence-corrected chi connectivity index (χ3v) is 5.03. The predicted molar refractivity (Wildman–Crippen MR) is 109 cm³/mol. The second kappa shape index (κ2) is 8.77. The summed E-state index contributed by atoms with van der Waals surface area (Å²) in [6, 6.07) is 13.3. The van der Waals surface area contributed by atoms with Crippen LogP contribution in [0.15, 0.2) is 52.8 Å². The average Bonchev–Trinajstić information content (AvgIpc) is 2.97. The number of halogens is 3. The molecule has 7 heteroatoms. The summed E-state index contributed by atoms with van der Waals surface area (Å²) in [7, 11) is 1.65. The number of methoxy groups -OCH3 is 1. The van der Waals surface area contributed by atoms with Gasteiger partial charge in [-0.25, -0.2) is 4.99 Å². The number of hydrogen-bond donors (Lipinski definition) is 0. The van der Waals surface area contributed by atoms with Crippen molar-refractivity contribution >= 4 is 52.6 Å². The van der Waals surface area contributed by atoms with E-state index in [4.69, 9.17) is 32.9 Å². The van der Waals surface area contributed by atoms with Gasteiger partial charge in [-0.15, -0.1) is 23.7 Å². The first-order valence-corrected chi connectivity index (χ1v) is 9.09. The van der Waals surface area contributed by atoms with E-state index in [0.717, 1.165) is 34.0 Å². The van der Waals surface area contributed by atoms with E-state index in [1.807, 2.05) is 36.4 Å². The Morgan fingerprint density at radius 1 is 1.16 bits per heavy atom. The topological polar surface area (TPSA) is 26.5 Å². The molecule has 0 N–H and O–H groups in total. The van der Waals surface area contributed by atoms with E-state index in [1.165, 1.54) is 0 Å². The Morgan fingerprint density at radius 3 is 2.60 bits per heavy atom. The van der Waals surface area contributed by atoms with Crippen LogP contribution in [0.4, 0.5) is 5.69 Å². The number of benzene rings is 2. The molecule has 0 aliphatic rings. The van der Waals surface area contributed by atoms with E-state index in [0.29, 0.717) is 10.0 Å². The van der Waals surface area contributed by atoms with Crippen molar-refractivity contribution in [2.75, 3.05) is 7.11 Å². The summed E-state index contributed by atoms with van der Waals surface area (Å²) in [6.45, 7) is 2.87. The van der Waals surface area contributed by atoms with Crippen LogP contribution in [0.5, 0.6) is 5.75 Å². The van der Waals surface area contributed by atoms with Gasteiger partial charge in [0, 0.05) is 22.5 Å². The molecule has 1 heterocycles. The molecule has 0 saturated carbocycles. The molecule has 0 fully saturated rings. The van der Waals surface area contributed by atoms with Crippen LogP contribution in [0, 0.1) is 0 Å². The summed E-state index contributed by atoms with van der Waals surface area (Å²) >= 11 is 13.9. The number of thiazole rings is 1. The second-order valence-electron chi connectivity index (χ2n) is 5.06. The number of aromatic nitrogens is 1. The lowest BCUT2D eigenvalue weighted by Gasteiger charge is -2.08. The average molecular weight is 416 g/mol. The molecule has 0 amide bonds. The van der Waals surface area contributed by atoms with Gasteiger partial charge in [0.05, 0.1) is 17.8 Å². The highest BCUT2D eigenvalue weighted by atomic mass is 35.5. The molecule has 132 valence electrons. The third kappa shape index (κ3) is 4.21. The summed E-state index contributed by atoms with van der Waals surface area (Å²) in [4.78, 5) is 5.66. The summed E-state index contributed by atoms with van der Waals surface area (Å²) < 4.78 is 7.51. The molecular formula is C18H17Cl3N2OS. The van der Waals surface area contributed by atoms with Crippen LogP contribution >= 0.6 is 46.9 Å². The SMILES string of the molecule is CCn1c(-c2ccc(Cl)cc2Cl)csc1=Nc1ccccc1OC.Cl. The van der Waals surface area contributed by atoms with Gasteiger partial charge in [0.2, 0.25) is 0 Å². The number of rotatable bonds is 4. The zero-order chi connectivity index (χ0) is 17.1. The van der Waals surface area contributed by atoms with Gasteiger partial charge in [-0.3, -0.25) is 0 Å². The van der Waals surface area contributed by atoms with Crippen molar-refractivity contribution in [3.05, 3.63) is 62.7 Å². The van der Waals surface area contributed by atoms with Crippen molar-refractivity contribution in [2.45, 2.75) is 13.5 Å². The number of nitrogens with zero attached hydrogens (tertiary/aromatic N) is 2. The maximum atomic E-state index is 6.37. The first-order chi connectivity index (χ1) is 11.6. The van der Waals surface area contributed by atoms with Crippen LogP contribution < -0.4 is 9.54 Å².